The lowest BCUT2D eigenvalue weighted by Crippen LogP contribution is -2.33. The second kappa shape index (κ2) is 7.48. The topological polar surface area (TPSA) is 67.8 Å². The molecule has 1 unspecified atom stereocenters. The van der Waals surface area contributed by atoms with Crippen molar-refractivity contribution in [1.82, 2.24) is 10.2 Å². The van der Waals surface area contributed by atoms with Crippen LogP contribution in [0.3, 0.4) is 0 Å². The van der Waals surface area contributed by atoms with E-state index in [9.17, 15) is 4.79 Å². The zero-order valence-corrected chi connectivity index (χ0v) is 13.3. The monoisotopic (exact) mass is 318 g/mol. The van der Waals surface area contributed by atoms with Crippen LogP contribution in [-0.4, -0.2) is 37.6 Å². The van der Waals surface area contributed by atoms with Gasteiger partial charge in [0.05, 0.1) is 26.0 Å². The predicted molar refractivity (Wildman–Crippen MR) is 84.0 cm³/mol. The molecule has 0 spiro atoms. The third kappa shape index (κ3) is 3.83. The van der Waals surface area contributed by atoms with Crippen molar-refractivity contribution >= 4 is 5.97 Å². The van der Waals surface area contributed by atoms with Gasteiger partial charge in [-0.05, 0) is 50.2 Å². The molecule has 23 heavy (non-hydrogen) atoms. The van der Waals surface area contributed by atoms with Gasteiger partial charge in [0, 0.05) is 6.54 Å². The van der Waals surface area contributed by atoms with E-state index in [1.54, 1.807) is 18.4 Å². The number of furan rings is 2. The molecule has 0 bridgehead atoms. The second-order valence-corrected chi connectivity index (χ2v) is 5.66. The SMILES string of the molecule is COC(=O)c1ccc(CNCC(c2ccco2)N2CCCC2)o1. The summed E-state index contributed by atoms with van der Waals surface area (Å²) in [6, 6.07) is 7.59. The molecule has 6 heteroatoms. The van der Waals surface area contributed by atoms with E-state index in [-0.39, 0.29) is 11.8 Å². The van der Waals surface area contributed by atoms with Crippen molar-refractivity contribution in [3.8, 4) is 0 Å². The molecule has 0 radical (unpaired) electrons. The van der Waals surface area contributed by atoms with Gasteiger partial charge in [-0.25, -0.2) is 4.79 Å². The summed E-state index contributed by atoms with van der Waals surface area (Å²) in [6.07, 6.45) is 4.18. The molecule has 1 atom stereocenters. The van der Waals surface area contributed by atoms with Gasteiger partial charge in [0.2, 0.25) is 5.76 Å². The van der Waals surface area contributed by atoms with Crippen LogP contribution in [0.4, 0.5) is 0 Å². The smallest absolute Gasteiger partial charge is 0.373 e. The summed E-state index contributed by atoms with van der Waals surface area (Å²) in [6.45, 7) is 3.52. The minimum Gasteiger partial charge on any atom is -0.468 e. The fourth-order valence-corrected chi connectivity index (χ4v) is 2.96. The lowest BCUT2D eigenvalue weighted by atomic mass is 10.2. The van der Waals surface area contributed by atoms with Crippen molar-refractivity contribution in [2.75, 3.05) is 26.7 Å². The van der Waals surface area contributed by atoms with Crippen LogP contribution in [0.15, 0.2) is 39.4 Å². The number of nitrogens with one attached hydrogen (secondary N) is 1. The van der Waals surface area contributed by atoms with Crippen LogP contribution in [0.2, 0.25) is 0 Å². The van der Waals surface area contributed by atoms with Gasteiger partial charge in [0.25, 0.3) is 0 Å². The first-order chi connectivity index (χ1) is 11.3. The van der Waals surface area contributed by atoms with Gasteiger partial charge in [0.15, 0.2) is 0 Å². The van der Waals surface area contributed by atoms with Crippen molar-refractivity contribution in [3.05, 3.63) is 47.8 Å². The molecular weight excluding hydrogens is 296 g/mol. The first kappa shape index (κ1) is 15.8. The molecule has 1 aliphatic rings. The molecule has 6 nitrogen and oxygen atoms in total. The fourth-order valence-electron chi connectivity index (χ4n) is 2.96. The number of rotatable bonds is 7. The molecule has 0 amide bonds. The second-order valence-electron chi connectivity index (χ2n) is 5.66. The zero-order chi connectivity index (χ0) is 16.1. The Morgan fingerprint density at radius 1 is 1.35 bits per heavy atom. The van der Waals surface area contributed by atoms with Gasteiger partial charge in [-0.1, -0.05) is 0 Å². The molecule has 0 aliphatic carbocycles. The van der Waals surface area contributed by atoms with E-state index < -0.39 is 5.97 Å². The summed E-state index contributed by atoms with van der Waals surface area (Å²) < 4.78 is 15.7. The highest BCUT2D eigenvalue weighted by Crippen LogP contribution is 2.25. The van der Waals surface area contributed by atoms with E-state index in [1.807, 2.05) is 12.1 Å². The standard InChI is InChI=1S/C17H22N2O4/c1-21-17(20)16-7-6-13(23-16)11-18-12-14(15-5-4-10-22-15)19-8-2-3-9-19/h4-7,10,14,18H,2-3,8-9,11-12H2,1H3. The molecule has 124 valence electrons. The predicted octanol–water partition coefficient (Wildman–Crippen LogP) is 2.59. The van der Waals surface area contributed by atoms with Crippen molar-refractivity contribution < 1.29 is 18.4 Å². The Kier molecular flexibility index (Phi) is 5.15. The van der Waals surface area contributed by atoms with Crippen molar-refractivity contribution in [2.45, 2.75) is 25.4 Å². The van der Waals surface area contributed by atoms with Gasteiger partial charge in [-0.15, -0.1) is 0 Å². The number of likely N-dealkylation sites (tertiary alicyclic amines) is 1. The summed E-state index contributed by atoms with van der Waals surface area (Å²) in [5.74, 6) is 1.47. The van der Waals surface area contributed by atoms with E-state index in [0.717, 1.165) is 25.4 Å². The molecule has 0 aromatic carbocycles. The highest BCUT2D eigenvalue weighted by atomic mass is 16.5. The number of hydrogen-bond donors (Lipinski definition) is 1. The van der Waals surface area contributed by atoms with Crippen LogP contribution in [0, 0.1) is 0 Å². The van der Waals surface area contributed by atoms with Crippen LogP contribution in [0.1, 0.15) is 41.0 Å². The molecule has 3 heterocycles. The average Bonchev–Trinajstić information content (AvgIpc) is 3.33. The molecule has 1 aliphatic heterocycles. The number of ether oxygens (including phenoxy) is 1. The molecule has 3 rings (SSSR count). The molecule has 1 fully saturated rings. The number of hydrogen-bond acceptors (Lipinski definition) is 6. The molecule has 2 aromatic heterocycles. The third-order valence-electron chi connectivity index (χ3n) is 4.14. The highest BCUT2D eigenvalue weighted by Gasteiger charge is 2.25. The first-order valence-electron chi connectivity index (χ1n) is 7.93. The summed E-state index contributed by atoms with van der Waals surface area (Å²) >= 11 is 0. The van der Waals surface area contributed by atoms with Crippen molar-refractivity contribution in [3.63, 3.8) is 0 Å². The average molecular weight is 318 g/mol. The Morgan fingerprint density at radius 3 is 2.87 bits per heavy atom. The van der Waals surface area contributed by atoms with Crippen LogP contribution < -0.4 is 5.32 Å². The highest BCUT2D eigenvalue weighted by molar-refractivity contribution is 5.86. The largest absolute Gasteiger partial charge is 0.468 e. The summed E-state index contributed by atoms with van der Waals surface area (Å²) in [7, 11) is 1.34. The first-order valence-corrected chi connectivity index (χ1v) is 7.93. The minimum absolute atomic E-state index is 0.225. The minimum atomic E-state index is -0.457. The molecule has 2 aromatic rings. The van der Waals surface area contributed by atoms with E-state index in [4.69, 9.17) is 8.83 Å². The zero-order valence-electron chi connectivity index (χ0n) is 13.3. The lowest BCUT2D eigenvalue weighted by molar-refractivity contribution is 0.0563. The van der Waals surface area contributed by atoms with Crippen molar-refractivity contribution in [1.29, 1.82) is 0 Å². The van der Waals surface area contributed by atoms with E-state index in [0.29, 0.717) is 12.3 Å². The maximum Gasteiger partial charge on any atom is 0.373 e. The maximum absolute atomic E-state index is 11.4. The number of esters is 1. The quantitative estimate of drug-likeness (QED) is 0.792. The Labute approximate surface area is 135 Å². The van der Waals surface area contributed by atoms with Crippen LogP contribution in [0.25, 0.3) is 0 Å². The Bertz CT molecular complexity index is 614. The number of carbonyl (C=O) groups is 1. The third-order valence-corrected chi connectivity index (χ3v) is 4.14. The van der Waals surface area contributed by atoms with Crippen LogP contribution in [-0.2, 0) is 11.3 Å². The molecular formula is C17H22N2O4. The Hall–Kier alpha value is -2.05. The van der Waals surface area contributed by atoms with Gasteiger partial charge < -0.3 is 18.9 Å². The fraction of sp³-hybridized carbons (Fsp3) is 0.471. The van der Waals surface area contributed by atoms with Gasteiger partial charge in [-0.3, -0.25) is 4.90 Å². The van der Waals surface area contributed by atoms with E-state index >= 15 is 0 Å². The molecule has 0 saturated carbocycles. The van der Waals surface area contributed by atoms with Gasteiger partial charge in [-0.2, -0.15) is 0 Å². The van der Waals surface area contributed by atoms with E-state index in [1.165, 1.54) is 20.0 Å². The van der Waals surface area contributed by atoms with Gasteiger partial charge >= 0.3 is 5.97 Å². The Morgan fingerprint density at radius 2 is 2.17 bits per heavy atom. The van der Waals surface area contributed by atoms with Crippen molar-refractivity contribution in [2.24, 2.45) is 0 Å². The molecule has 1 saturated heterocycles. The summed E-state index contributed by atoms with van der Waals surface area (Å²) in [5, 5.41) is 3.39. The van der Waals surface area contributed by atoms with Crippen LogP contribution in [0.5, 0.6) is 0 Å². The van der Waals surface area contributed by atoms with E-state index in [2.05, 4.69) is 15.0 Å². The summed E-state index contributed by atoms with van der Waals surface area (Å²) in [5.41, 5.74) is 0. The normalized spacial score (nSPS) is 16.6. The maximum atomic E-state index is 11.4. The Balaban J connectivity index is 1.56. The lowest BCUT2D eigenvalue weighted by Gasteiger charge is -2.25. The number of methoxy groups -OCH3 is 1. The van der Waals surface area contributed by atoms with Gasteiger partial charge in [0.1, 0.15) is 11.5 Å². The molecule has 1 N–H and O–H groups in total. The van der Waals surface area contributed by atoms with Crippen LogP contribution >= 0.6 is 0 Å². The summed E-state index contributed by atoms with van der Waals surface area (Å²) in [4.78, 5) is 13.8. The number of carbonyl (C=O) groups excluding carboxylic acids is 1. The number of nitrogens with zero attached hydrogens (tertiary/aromatic N) is 1.